The Kier molecular flexibility index (Phi) is 17.6. The van der Waals surface area contributed by atoms with Gasteiger partial charge in [0.05, 0.1) is 46.3 Å². The highest BCUT2D eigenvalue weighted by Gasteiger charge is 2.27. The van der Waals surface area contributed by atoms with Gasteiger partial charge in [-0.05, 0) is 98.9 Å². The highest BCUT2D eigenvalue weighted by Crippen LogP contribution is 2.35. The van der Waals surface area contributed by atoms with E-state index in [1.807, 2.05) is 77.1 Å². The van der Waals surface area contributed by atoms with Gasteiger partial charge in [-0.1, -0.05) is 115 Å². The normalized spacial score (nSPS) is 13.3. The van der Waals surface area contributed by atoms with Crippen LogP contribution in [0.25, 0.3) is 32.6 Å². The molecule has 0 spiro atoms. The van der Waals surface area contributed by atoms with Gasteiger partial charge in [0.1, 0.15) is 23.9 Å². The maximum Gasteiger partial charge on any atom is 0.274 e. The molecule has 0 amide bonds. The number of aromatic nitrogens is 6. The number of ketones is 1. The van der Waals surface area contributed by atoms with Crippen LogP contribution in [0.2, 0.25) is 0 Å². The van der Waals surface area contributed by atoms with Gasteiger partial charge in [-0.2, -0.15) is 5.10 Å². The number of nitrogens with one attached hydrogen (secondary N) is 1. The first-order valence-electron chi connectivity index (χ1n) is 25.1. The number of Topliss-reactive ketones (excluding diaryl/α,β-unsaturated/α-hetero) is 1. The number of aromatic amines is 1. The minimum atomic E-state index is -2.96. The van der Waals surface area contributed by atoms with Crippen molar-refractivity contribution in [2.75, 3.05) is 0 Å². The van der Waals surface area contributed by atoms with Crippen LogP contribution in [0.5, 0.6) is 0 Å². The SMILES string of the molecule is CC(F)(F)Cn1cnc2cc(C(C)(C)C)ccc2c1=O.CC(F)(F)Cn1ncc2cc(C(C)(C)C)ccc2c1=O.CCC1=Nc2c(F)cc(C(C)(C)C)cc2C(=O)C1.CCc1nc2ccc(C(C)(C)C)cc2c(=O)[nH]1. The Morgan fingerprint density at radius 2 is 1.13 bits per heavy atom. The maximum atomic E-state index is 14.1. The third kappa shape index (κ3) is 15.4. The first kappa shape index (κ1) is 59.2. The molecule has 0 saturated carbocycles. The van der Waals surface area contributed by atoms with Gasteiger partial charge in [-0.25, -0.2) is 36.6 Å². The van der Waals surface area contributed by atoms with E-state index in [4.69, 9.17) is 0 Å². The molecule has 0 saturated heterocycles. The summed E-state index contributed by atoms with van der Waals surface area (Å²) < 4.78 is 67.9. The molecule has 0 radical (unpaired) electrons. The first-order valence-corrected chi connectivity index (χ1v) is 25.1. The maximum absolute atomic E-state index is 14.1. The zero-order chi connectivity index (χ0) is 56.4. The molecule has 1 N–H and O–H groups in total. The molecule has 11 nitrogen and oxygen atoms in total. The molecule has 4 heterocycles. The molecule has 16 heteroatoms. The predicted octanol–water partition coefficient (Wildman–Crippen LogP) is 13.7. The number of alkyl halides is 4. The Balaban J connectivity index is 0.000000185. The van der Waals surface area contributed by atoms with Crippen LogP contribution in [0.3, 0.4) is 0 Å². The Bertz CT molecular complexity index is 3320. The first-order chi connectivity index (χ1) is 34.4. The number of aliphatic imine (C=N–C) groups is 1. The smallest absolute Gasteiger partial charge is 0.274 e. The second-order valence-electron chi connectivity index (χ2n) is 23.5. The molecule has 402 valence electrons. The van der Waals surface area contributed by atoms with Crippen LogP contribution in [-0.2, 0) is 41.2 Å². The molecule has 75 heavy (non-hydrogen) atoms. The van der Waals surface area contributed by atoms with Crippen molar-refractivity contribution in [3.63, 3.8) is 0 Å². The number of nitrogens with zero attached hydrogens (tertiary/aromatic N) is 6. The van der Waals surface area contributed by atoms with Gasteiger partial charge in [-0.15, -0.1) is 0 Å². The van der Waals surface area contributed by atoms with Crippen molar-refractivity contribution >= 4 is 49.8 Å². The average molecular weight is 1040 g/mol. The number of hydrogen-bond acceptors (Lipinski definition) is 8. The van der Waals surface area contributed by atoms with E-state index < -0.39 is 41.9 Å². The summed E-state index contributed by atoms with van der Waals surface area (Å²) in [7, 11) is 0. The molecule has 0 unspecified atom stereocenters. The molecule has 4 aromatic carbocycles. The molecule has 3 aromatic heterocycles. The third-order valence-corrected chi connectivity index (χ3v) is 12.5. The van der Waals surface area contributed by atoms with Crippen molar-refractivity contribution in [2.45, 2.75) is 177 Å². The zero-order valence-electron chi connectivity index (χ0n) is 46.2. The van der Waals surface area contributed by atoms with Crippen molar-refractivity contribution in [2.24, 2.45) is 4.99 Å². The minimum absolute atomic E-state index is 0.0261. The van der Waals surface area contributed by atoms with Crippen LogP contribution in [0.4, 0.5) is 27.6 Å². The number of aryl methyl sites for hydroxylation is 1. The van der Waals surface area contributed by atoms with E-state index in [2.05, 4.69) is 87.4 Å². The van der Waals surface area contributed by atoms with Crippen molar-refractivity contribution in [3.8, 4) is 0 Å². The number of benzene rings is 4. The highest BCUT2D eigenvalue weighted by molar-refractivity contribution is 6.15. The molecule has 1 aliphatic rings. The number of rotatable bonds is 6. The Hall–Kier alpha value is -6.71. The van der Waals surface area contributed by atoms with Crippen LogP contribution < -0.4 is 16.7 Å². The van der Waals surface area contributed by atoms with Gasteiger partial charge in [0.15, 0.2) is 5.78 Å². The molecule has 0 aliphatic carbocycles. The lowest BCUT2D eigenvalue weighted by atomic mass is 9.84. The molecule has 1 aliphatic heterocycles. The number of H-pyrrole nitrogens is 1. The second-order valence-corrected chi connectivity index (χ2v) is 23.5. The molecule has 0 bridgehead atoms. The number of fused-ring (bicyclic) bond motifs is 4. The number of halogens is 5. The van der Waals surface area contributed by atoms with Gasteiger partial charge >= 0.3 is 0 Å². The largest absolute Gasteiger partial charge is 0.310 e. The summed E-state index contributed by atoms with van der Waals surface area (Å²) in [6.07, 6.45) is 4.40. The van der Waals surface area contributed by atoms with E-state index >= 15 is 0 Å². The summed E-state index contributed by atoms with van der Waals surface area (Å²) in [5.74, 6) is -5.58. The zero-order valence-corrected chi connectivity index (χ0v) is 46.2. The molecule has 0 fully saturated rings. The second kappa shape index (κ2) is 22.2. The summed E-state index contributed by atoms with van der Waals surface area (Å²) in [4.78, 5) is 63.9. The molecule has 7 aromatic rings. The van der Waals surface area contributed by atoms with Crippen LogP contribution in [0.1, 0.15) is 162 Å². The van der Waals surface area contributed by atoms with Crippen LogP contribution in [0.15, 0.2) is 98.6 Å². The topological polar surface area (TPSA) is 145 Å². The van der Waals surface area contributed by atoms with Crippen LogP contribution >= 0.6 is 0 Å². The standard InChI is InChI=1S/2C15H18F2N2O.C15H18FNO.C14H18N2O/c1-14(2,3)11-5-6-12-10(7-11)8-18-19(13(12)20)9-15(4,16)17;1-14(2,3)10-5-6-11-12(7-10)18-9-19(13(11)20)8-15(4,16)17;1-5-10-8-13(18)11-6-9(15(2,3)4)7-12(16)14(11)17-10;1-5-12-15-11-7-6-9(14(2,3)4)8-10(11)13(17)16-12/h5-8H,9H2,1-4H3;5-7,9H,8H2,1-4H3;6-7H,5,8H2,1-4H3;6-8H,5H2,1-4H3,(H,15,16,17). The summed E-state index contributed by atoms with van der Waals surface area (Å²) in [6, 6.07) is 20.0. The quantitative estimate of drug-likeness (QED) is 0.163. The van der Waals surface area contributed by atoms with Crippen LogP contribution in [-0.4, -0.2) is 52.6 Å². The Morgan fingerprint density at radius 3 is 1.68 bits per heavy atom. The van der Waals surface area contributed by atoms with Crippen molar-refractivity contribution in [3.05, 3.63) is 150 Å². The van der Waals surface area contributed by atoms with Crippen molar-refractivity contribution in [1.29, 1.82) is 0 Å². The van der Waals surface area contributed by atoms with Gasteiger partial charge in [-0.3, -0.25) is 28.7 Å². The van der Waals surface area contributed by atoms with Crippen molar-refractivity contribution in [1.82, 2.24) is 29.3 Å². The van der Waals surface area contributed by atoms with Gasteiger partial charge in [0.25, 0.3) is 28.5 Å². The van der Waals surface area contributed by atoms with Gasteiger partial charge < -0.3 is 4.98 Å². The molecule has 0 atom stereocenters. The Morgan fingerprint density at radius 1 is 0.587 bits per heavy atom. The van der Waals surface area contributed by atoms with E-state index in [0.29, 0.717) is 45.5 Å². The lowest BCUT2D eigenvalue weighted by Crippen LogP contribution is -2.30. The number of carbonyl (C=O) groups excluding carboxylic acids is 1. The van der Waals surface area contributed by atoms with E-state index in [9.17, 15) is 41.1 Å². The minimum Gasteiger partial charge on any atom is -0.310 e. The lowest BCUT2D eigenvalue weighted by Gasteiger charge is -2.22. The summed E-state index contributed by atoms with van der Waals surface area (Å²) in [6.45, 7) is 28.9. The Labute approximate surface area is 435 Å². The fourth-order valence-electron chi connectivity index (χ4n) is 7.93. The van der Waals surface area contributed by atoms with Gasteiger partial charge in [0, 0.05) is 43.4 Å². The number of hydrogen-bond donors (Lipinski definition) is 1. The summed E-state index contributed by atoms with van der Waals surface area (Å²) in [5.41, 5.74) is 5.65. The fraction of sp³-hybridized carbons (Fsp3) is 0.458. The lowest BCUT2D eigenvalue weighted by molar-refractivity contribution is -0.000800. The highest BCUT2D eigenvalue weighted by atomic mass is 19.3. The molecular formula is C59H72F5N7O4. The molecule has 8 rings (SSSR count). The fourth-order valence-corrected chi connectivity index (χ4v) is 7.93. The monoisotopic (exact) mass is 1040 g/mol. The predicted molar refractivity (Wildman–Crippen MR) is 293 cm³/mol. The number of carbonyl (C=O) groups is 1. The van der Waals surface area contributed by atoms with E-state index in [0.717, 1.165) is 68.8 Å². The van der Waals surface area contributed by atoms with Gasteiger partial charge in [0.2, 0.25) is 0 Å². The van der Waals surface area contributed by atoms with E-state index in [1.165, 1.54) is 18.6 Å². The summed E-state index contributed by atoms with van der Waals surface area (Å²) in [5, 5.41) is 5.97. The third-order valence-electron chi connectivity index (χ3n) is 12.5. The van der Waals surface area contributed by atoms with Crippen LogP contribution in [0, 0.1) is 5.82 Å². The van der Waals surface area contributed by atoms with E-state index in [1.54, 1.807) is 18.2 Å². The summed E-state index contributed by atoms with van der Waals surface area (Å²) >= 11 is 0. The van der Waals surface area contributed by atoms with Crippen molar-refractivity contribution < 1.29 is 26.7 Å². The average Bonchev–Trinajstić information content (AvgIpc) is 3.29. The van der Waals surface area contributed by atoms with E-state index in [-0.39, 0.29) is 38.7 Å². The molecular weight excluding hydrogens is 966 g/mol.